The maximum atomic E-state index is 9.86. The molecule has 0 fully saturated rings. The van der Waals surface area contributed by atoms with Gasteiger partial charge in [-0.2, -0.15) is 0 Å². The van der Waals surface area contributed by atoms with E-state index in [2.05, 4.69) is 11.5 Å². The number of aliphatic carboxylic acids is 4. The third kappa shape index (κ3) is 34.1. The minimum atomic E-state index is -1.18. The molecule has 0 saturated heterocycles. The van der Waals surface area contributed by atoms with Crippen LogP contribution in [0.3, 0.4) is 0 Å². The first-order valence-electron chi connectivity index (χ1n) is 6.37. The number of nitrogens with two attached hydrogens (primary N) is 4. The lowest BCUT2D eigenvalue weighted by molar-refractivity contribution is -0.141. The van der Waals surface area contributed by atoms with Gasteiger partial charge in [-0.05, 0) is 6.92 Å². The number of hydrogen-bond donors (Lipinski definition) is 10. The Balaban J connectivity index is -0.000000120. The van der Waals surface area contributed by atoms with Gasteiger partial charge < -0.3 is 53.6 Å². The van der Waals surface area contributed by atoms with Gasteiger partial charge in [-0.25, -0.2) is 0 Å². The van der Waals surface area contributed by atoms with Gasteiger partial charge in [-0.3, -0.25) is 19.2 Å². The Morgan fingerprint density at radius 2 is 1.12 bits per heavy atom. The fourth-order valence-electron chi connectivity index (χ4n) is 0.284. The molecule has 0 saturated carbocycles. The van der Waals surface area contributed by atoms with Crippen LogP contribution in [0, 0.1) is 0 Å². The van der Waals surface area contributed by atoms with Crippen LogP contribution in [-0.2, 0) is 19.2 Å². The van der Waals surface area contributed by atoms with E-state index in [0.717, 1.165) is 0 Å². The molecule has 25 heavy (non-hydrogen) atoms. The molecular weight excluding hydrogens is 348 g/mol. The summed E-state index contributed by atoms with van der Waals surface area (Å²) in [6.45, 7) is 0.272. The molecule has 0 unspecified atom stereocenters. The smallest absolute Gasteiger partial charge is 0.323 e. The fraction of sp³-hybridized carbons (Fsp3) is 0.636. The topological polar surface area (TPSA) is 294 Å². The van der Waals surface area contributed by atoms with Crippen molar-refractivity contribution >= 4 is 23.9 Å². The molecule has 0 aliphatic heterocycles. The van der Waals surface area contributed by atoms with Gasteiger partial charge in [0, 0.05) is 0 Å². The van der Waals surface area contributed by atoms with E-state index in [1.54, 1.807) is 0 Å². The SMILES string of the molecule is C[C@@H](O)[C@H](N)C(=O)O.NCC(=O)O.NCC(=O)O.N[C@@H](CO)C(=O)O. The van der Waals surface area contributed by atoms with Crippen LogP contribution in [0.15, 0.2) is 0 Å². The van der Waals surface area contributed by atoms with E-state index in [4.69, 9.17) is 42.1 Å². The van der Waals surface area contributed by atoms with E-state index in [1.165, 1.54) is 6.92 Å². The van der Waals surface area contributed by atoms with E-state index in [1.807, 2.05) is 0 Å². The maximum absolute atomic E-state index is 9.86. The number of aliphatic hydroxyl groups is 2. The Hall–Kier alpha value is -2.36. The van der Waals surface area contributed by atoms with Gasteiger partial charge in [0.15, 0.2) is 0 Å². The van der Waals surface area contributed by atoms with Gasteiger partial charge in [0.25, 0.3) is 0 Å². The molecule has 0 amide bonds. The molecule has 0 aliphatic carbocycles. The number of carbonyl (C=O) groups is 4. The molecule has 14 N–H and O–H groups in total. The molecule has 3 atom stereocenters. The lowest BCUT2D eigenvalue weighted by atomic mass is 10.2. The Morgan fingerprint density at radius 3 is 1.12 bits per heavy atom. The molecule has 0 rings (SSSR count). The third-order valence-electron chi connectivity index (χ3n) is 1.67. The quantitative estimate of drug-likeness (QED) is 0.209. The molecule has 0 aromatic heterocycles. The lowest BCUT2D eigenvalue weighted by Crippen LogP contribution is -2.39. The number of rotatable bonds is 6. The van der Waals surface area contributed by atoms with E-state index >= 15 is 0 Å². The van der Waals surface area contributed by atoms with Crippen molar-refractivity contribution in [1.82, 2.24) is 0 Å². The molecular formula is C11H26N4O10. The number of carboxylic acids is 4. The van der Waals surface area contributed by atoms with Crippen molar-refractivity contribution in [1.29, 1.82) is 0 Å². The summed E-state index contributed by atoms with van der Waals surface area (Å²) in [5, 5.41) is 47.6. The van der Waals surface area contributed by atoms with Crippen molar-refractivity contribution in [3.8, 4) is 0 Å². The Kier molecular flexibility index (Phi) is 24.0. The van der Waals surface area contributed by atoms with Gasteiger partial charge in [-0.15, -0.1) is 0 Å². The molecule has 0 aliphatic rings. The highest BCUT2D eigenvalue weighted by Crippen LogP contribution is 1.85. The van der Waals surface area contributed by atoms with Gasteiger partial charge >= 0.3 is 23.9 Å². The lowest BCUT2D eigenvalue weighted by Gasteiger charge is -2.06. The van der Waals surface area contributed by atoms with Gasteiger partial charge in [0.05, 0.1) is 25.8 Å². The molecule has 0 aromatic rings. The van der Waals surface area contributed by atoms with Crippen LogP contribution in [0.25, 0.3) is 0 Å². The van der Waals surface area contributed by atoms with Gasteiger partial charge in [-0.1, -0.05) is 0 Å². The third-order valence-corrected chi connectivity index (χ3v) is 1.67. The Morgan fingerprint density at radius 1 is 0.840 bits per heavy atom. The van der Waals surface area contributed by atoms with E-state index < -0.39 is 48.7 Å². The average molecular weight is 374 g/mol. The highest BCUT2D eigenvalue weighted by atomic mass is 16.4. The zero-order valence-electron chi connectivity index (χ0n) is 13.5. The summed E-state index contributed by atoms with van der Waals surface area (Å²) in [5.41, 5.74) is 18.8. The van der Waals surface area contributed by atoms with Crippen LogP contribution < -0.4 is 22.9 Å². The van der Waals surface area contributed by atoms with Crippen molar-refractivity contribution < 1.29 is 49.8 Å². The highest BCUT2D eigenvalue weighted by Gasteiger charge is 2.16. The van der Waals surface area contributed by atoms with Crippen LogP contribution in [0.4, 0.5) is 0 Å². The summed E-state index contributed by atoms with van der Waals surface area (Å²) in [6.07, 6.45) is -0.979. The van der Waals surface area contributed by atoms with Gasteiger partial charge in [0.1, 0.15) is 12.1 Å². The second kappa shape index (κ2) is 19.7. The summed E-state index contributed by atoms with van der Waals surface area (Å²) < 4.78 is 0. The van der Waals surface area contributed by atoms with Gasteiger partial charge in [0.2, 0.25) is 0 Å². The zero-order valence-corrected chi connectivity index (χ0v) is 13.5. The molecule has 14 heteroatoms. The summed E-state index contributed by atoms with van der Waals surface area (Å²) in [4.78, 5) is 38.0. The molecule has 0 aromatic carbocycles. The van der Waals surface area contributed by atoms with E-state index in [9.17, 15) is 19.2 Å². The first-order valence-corrected chi connectivity index (χ1v) is 6.37. The molecule has 14 nitrogen and oxygen atoms in total. The summed E-state index contributed by atoms with van der Waals surface area (Å²) in [6, 6.07) is -2.28. The van der Waals surface area contributed by atoms with Crippen LogP contribution in [0.1, 0.15) is 6.92 Å². The van der Waals surface area contributed by atoms with Crippen molar-refractivity contribution in [2.24, 2.45) is 22.9 Å². The predicted octanol–water partition coefficient (Wildman–Crippen LogP) is -4.77. The van der Waals surface area contributed by atoms with E-state index in [-0.39, 0.29) is 13.1 Å². The average Bonchev–Trinajstić information content (AvgIpc) is 2.54. The summed E-state index contributed by atoms with van der Waals surface area (Å²) in [7, 11) is 0. The minimum absolute atomic E-state index is 0.278. The standard InChI is InChI=1S/C4H9NO3.C3H7NO3.2C2H5NO2/c1-2(6)3(5)4(7)8;4-2(1-5)3(6)7;2*3-1-2(4)5/h2-3,6H,5H2,1H3,(H,7,8);2,5H,1,4H2,(H,6,7);2*1,3H2,(H,4,5)/t2-,3+;2-;;/m10../s1. The molecule has 0 radical (unpaired) electrons. The van der Waals surface area contributed by atoms with Crippen LogP contribution in [-0.4, -0.2) is 92.4 Å². The molecule has 0 bridgehead atoms. The first-order chi connectivity index (χ1) is 11.3. The summed E-state index contributed by atoms with van der Waals surface area (Å²) in [5.74, 6) is -4.29. The monoisotopic (exact) mass is 374 g/mol. The number of hydrogen-bond acceptors (Lipinski definition) is 10. The molecule has 0 heterocycles. The Bertz CT molecular complexity index is 377. The largest absolute Gasteiger partial charge is 0.480 e. The van der Waals surface area contributed by atoms with Crippen molar-refractivity contribution in [2.75, 3.05) is 19.7 Å². The van der Waals surface area contributed by atoms with Crippen molar-refractivity contribution in [3.05, 3.63) is 0 Å². The van der Waals surface area contributed by atoms with Crippen LogP contribution in [0.5, 0.6) is 0 Å². The van der Waals surface area contributed by atoms with Crippen LogP contribution >= 0.6 is 0 Å². The minimum Gasteiger partial charge on any atom is -0.480 e. The molecule has 150 valence electrons. The fourth-order valence-corrected chi connectivity index (χ4v) is 0.284. The second-order valence-electron chi connectivity index (χ2n) is 3.93. The zero-order chi connectivity index (χ0) is 21.2. The van der Waals surface area contributed by atoms with Crippen molar-refractivity contribution in [3.63, 3.8) is 0 Å². The number of aliphatic hydroxyl groups excluding tert-OH is 2. The van der Waals surface area contributed by atoms with E-state index in [0.29, 0.717) is 0 Å². The molecule has 0 spiro atoms. The van der Waals surface area contributed by atoms with Crippen LogP contribution in [0.2, 0.25) is 0 Å². The second-order valence-corrected chi connectivity index (χ2v) is 3.93. The summed E-state index contributed by atoms with van der Waals surface area (Å²) >= 11 is 0. The highest BCUT2D eigenvalue weighted by molar-refractivity contribution is 5.73. The predicted molar refractivity (Wildman–Crippen MR) is 83.4 cm³/mol. The number of carboxylic acid groups (broad SMARTS) is 4. The first kappa shape index (κ1) is 30.5. The maximum Gasteiger partial charge on any atom is 0.323 e. The Labute approximate surface area is 142 Å². The van der Waals surface area contributed by atoms with Crippen molar-refractivity contribution in [2.45, 2.75) is 25.1 Å². The normalized spacial score (nSPS) is 12.3.